The van der Waals surface area contributed by atoms with Crippen molar-refractivity contribution in [1.29, 1.82) is 0 Å². The van der Waals surface area contributed by atoms with Crippen LogP contribution in [0.5, 0.6) is 5.88 Å². The first kappa shape index (κ1) is 27.1. The topological polar surface area (TPSA) is 82.8 Å². The number of aliphatic imine (C=N–C) groups is 1. The van der Waals surface area contributed by atoms with Crippen LogP contribution in [0.25, 0.3) is 27.2 Å². The van der Waals surface area contributed by atoms with E-state index in [4.69, 9.17) is 24.3 Å². The van der Waals surface area contributed by atoms with Crippen molar-refractivity contribution in [2.24, 2.45) is 4.99 Å². The summed E-state index contributed by atoms with van der Waals surface area (Å²) < 4.78 is 20.6. The van der Waals surface area contributed by atoms with Crippen LogP contribution in [0, 0.1) is 0 Å². The zero-order chi connectivity index (χ0) is 27.6. The Morgan fingerprint density at radius 1 is 1.15 bits per heavy atom. The van der Waals surface area contributed by atoms with Crippen LogP contribution < -0.4 is 10.1 Å². The summed E-state index contributed by atoms with van der Waals surface area (Å²) in [5, 5.41) is 11.4. The van der Waals surface area contributed by atoms with Crippen molar-refractivity contribution in [2.75, 3.05) is 26.9 Å². The Balaban J connectivity index is 1.58. The van der Waals surface area contributed by atoms with Crippen LogP contribution in [0.2, 0.25) is 0 Å². The number of hydrogen-bond donors (Lipinski definition) is 1. The van der Waals surface area contributed by atoms with Crippen LogP contribution >= 0.6 is 0 Å². The van der Waals surface area contributed by atoms with Crippen LogP contribution in [0.1, 0.15) is 82.2 Å². The van der Waals surface area contributed by atoms with Gasteiger partial charge in [0.1, 0.15) is 6.10 Å². The number of ether oxygens (including phenoxy) is 3. The lowest BCUT2D eigenvalue weighted by Gasteiger charge is -2.35. The molecule has 0 radical (unpaired) electrons. The molecule has 3 aliphatic rings. The molecular weight excluding hydrogens is 502 g/mol. The van der Waals surface area contributed by atoms with Gasteiger partial charge in [-0.1, -0.05) is 6.08 Å². The van der Waals surface area contributed by atoms with Gasteiger partial charge in [-0.05, 0) is 102 Å². The predicted octanol–water partition coefficient (Wildman–Crippen LogP) is 6.31. The number of aromatic nitrogens is 3. The zero-order valence-electron chi connectivity index (χ0n) is 24.0. The molecule has 3 aromatic rings. The minimum Gasteiger partial charge on any atom is -0.474 e. The number of nitrogens with zero attached hydrogens (tertiary/aromatic N) is 4. The van der Waals surface area contributed by atoms with E-state index in [9.17, 15) is 0 Å². The Hall–Kier alpha value is -3.07. The Morgan fingerprint density at radius 2 is 1.98 bits per heavy atom. The van der Waals surface area contributed by atoms with Gasteiger partial charge in [-0.15, -0.1) is 0 Å². The average Bonchev–Trinajstić information content (AvgIpc) is 3.40. The fraction of sp³-hybridized carbons (Fsp3) is 0.531. The minimum absolute atomic E-state index is 0.0413. The van der Waals surface area contributed by atoms with E-state index in [0.29, 0.717) is 6.04 Å². The first-order chi connectivity index (χ1) is 19.6. The number of hydrogen-bond acceptors (Lipinski definition) is 7. The van der Waals surface area contributed by atoms with E-state index in [1.807, 2.05) is 24.9 Å². The van der Waals surface area contributed by atoms with E-state index >= 15 is 0 Å². The van der Waals surface area contributed by atoms with Crippen molar-refractivity contribution in [3.8, 4) is 5.88 Å². The highest BCUT2D eigenvalue weighted by Crippen LogP contribution is 2.43. The molecule has 0 amide bonds. The van der Waals surface area contributed by atoms with Gasteiger partial charge in [-0.3, -0.25) is 4.99 Å². The SMILES string of the molecule is C=N/C(C)=C\C(=C/C)c1c(C2CCOCC2)nc(O[C@H]2C[C@H](NC)C2)c2cc3c(cnn3C3CCCCO3)cc12. The first-order valence-electron chi connectivity index (χ1n) is 14.8. The highest BCUT2D eigenvalue weighted by atomic mass is 16.5. The summed E-state index contributed by atoms with van der Waals surface area (Å²) >= 11 is 0. The van der Waals surface area contributed by atoms with E-state index in [1.54, 1.807) is 0 Å². The van der Waals surface area contributed by atoms with Crippen molar-refractivity contribution in [1.82, 2.24) is 20.1 Å². The fourth-order valence-electron chi connectivity index (χ4n) is 6.27. The molecule has 0 spiro atoms. The van der Waals surface area contributed by atoms with E-state index < -0.39 is 0 Å². The second-order valence-electron chi connectivity index (χ2n) is 11.3. The highest BCUT2D eigenvalue weighted by Gasteiger charge is 2.32. The highest BCUT2D eigenvalue weighted by molar-refractivity contribution is 6.05. The van der Waals surface area contributed by atoms with Gasteiger partial charge in [0.05, 0.1) is 17.4 Å². The number of benzene rings is 1. The van der Waals surface area contributed by atoms with Gasteiger partial charge in [0.15, 0.2) is 6.23 Å². The van der Waals surface area contributed by atoms with Gasteiger partial charge >= 0.3 is 0 Å². The lowest BCUT2D eigenvalue weighted by atomic mass is 9.86. The van der Waals surface area contributed by atoms with Gasteiger partial charge in [0.2, 0.25) is 5.88 Å². The molecular formula is C32H41N5O3. The number of rotatable bonds is 8. The Labute approximate surface area is 236 Å². The summed E-state index contributed by atoms with van der Waals surface area (Å²) in [5.41, 5.74) is 5.25. The molecule has 1 N–H and O–H groups in total. The molecule has 0 bridgehead atoms. The fourth-order valence-corrected chi connectivity index (χ4v) is 6.27. The van der Waals surface area contributed by atoms with Crippen molar-refractivity contribution >= 4 is 34.0 Å². The van der Waals surface area contributed by atoms with Crippen molar-refractivity contribution in [3.05, 3.63) is 47.4 Å². The molecule has 8 nitrogen and oxygen atoms in total. The van der Waals surface area contributed by atoms with Gasteiger partial charge in [0.25, 0.3) is 0 Å². The lowest BCUT2D eigenvalue weighted by Crippen LogP contribution is -2.45. The monoisotopic (exact) mass is 543 g/mol. The second kappa shape index (κ2) is 11.8. The van der Waals surface area contributed by atoms with Gasteiger partial charge in [-0.25, -0.2) is 9.67 Å². The molecule has 1 saturated carbocycles. The third-order valence-electron chi connectivity index (χ3n) is 8.74. The van der Waals surface area contributed by atoms with Crippen molar-refractivity contribution < 1.29 is 14.2 Å². The quantitative estimate of drug-likeness (QED) is 0.265. The molecule has 2 saturated heterocycles. The largest absolute Gasteiger partial charge is 0.474 e. The lowest BCUT2D eigenvalue weighted by molar-refractivity contribution is -0.0366. The minimum atomic E-state index is -0.0413. The molecule has 3 fully saturated rings. The molecule has 2 aromatic heterocycles. The molecule has 6 rings (SSSR count). The molecule has 1 aromatic carbocycles. The summed E-state index contributed by atoms with van der Waals surface area (Å²) in [6.07, 6.45) is 13.4. The molecule has 40 heavy (non-hydrogen) atoms. The van der Waals surface area contributed by atoms with Crippen LogP contribution in [0.15, 0.2) is 41.2 Å². The smallest absolute Gasteiger partial charge is 0.221 e. The molecule has 2 aliphatic heterocycles. The van der Waals surface area contributed by atoms with E-state index in [1.165, 1.54) is 0 Å². The maximum atomic E-state index is 6.70. The van der Waals surface area contributed by atoms with Crippen LogP contribution in [-0.4, -0.2) is 60.5 Å². The normalized spacial score (nSPS) is 24.8. The standard InChI is InChI=1S/C32H41N5O3/c1-5-21(14-20(2)33-3)30-26-15-23-19-35-37(29-8-6-7-11-39-29)28(23)18-27(26)32(40-25-16-24(17-25)34-4)36-31(30)22-9-12-38-13-10-22/h5,14-15,18-19,22,24-25,29,34H,3,6-13,16-17H2,1-2,4H3/b20-14-,21-5+/t24-,25-,29?. The number of fused-ring (bicyclic) bond motifs is 2. The summed E-state index contributed by atoms with van der Waals surface area (Å²) in [6.45, 7) is 10.1. The van der Waals surface area contributed by atoms with Gasteiger partial charge in [-0.2, -0.15) is 5.10 Å². The molecule has 8 heteroatoms. The van der Waals surface area contributed by atoms with Gasteiger partial charge < -0.3 is 19.5 Å². The van der Waals surface area contributed by atoms with Crippen molar-refractivity contribution in [3.63, 3.8) is 0 Å². The summed E-state index contributed by atoms with van der Waals surface area (Å²) in [5.74, 6) is 1.01. The van der Waals surface area contributed by atoms with Crippen LogP contribution in [0.3, 0.4) is 0 Å². The molecule has 4 heterocycles. The Kier molecular flexibility index (Phi) is 8.01. The third-order valence-corrected chi connectivity index (χ3v) is 8.74. The summed E-state index contributed by atoms with van der Waals surface area (Å²) in [7, 11) is 2.02. The predicted molar refractivity (Wildman–Crippen MR) is 160 cm³/mol. The van der Waals surface area contributed by atoms with E-state index in [-0.39, 0.29) is 18.2 Å². The van der Waals surface area contributed by atoms with Crippen LogP contribution in [0.4, 0.5) is 0 Å². The maximum Gasteiger partial charge on any atom is 0.221 e. The average molecular weight is 544 g/mol. The van der Waals surface area contributed by atoms with Crippen LogP contribution in [-0.2, 0) is 9.47 Å². The number of nitrogens with one attached hydrogen (secondary N) is 1. The molecule has 212 valence electrons. The molecule has 1 aliphatic carbocycles. The summed E-state index contributed by atoms with van der Waals surface area (Å²) in [4.78, 5) is 9.55. The maximum absolute atomic E-state index is 6.70. The second-order valence-corrected chi connectivity index (χ2v) is 11.3. The third kappa shape index (κ3) is 5.20. The molecule has 1 atom stereocenters. The summed E-state index contributed by atoms with van der Waals surface area (Å²) in [6, 6.07) is 4.99. The van der Waals surface area contributed by atoms with E-state index in [0.717, 1.165) is 115 Å². The van der Waals surface area contributed by atoms with Crippen molar-refractivity contribution in [2.45, 2.75) is 83.1 Å². The van der Waals surface area contributed by atoms with E-state index in [2.05, 4.69) is 48.2 Å². The number of allylic oxidation sites excluding steroid dienone is 4. The Morgan fingerprint density at radius 3 is 2.67 bits per heavy atom. The van der Waals surface area contributed by atoms with Gasteiger partial charge in [0, 0.05) is 53.8 Å². The first-order valence-corrected chi connectivity index (χ1v) is 14.8. The molecule has 1 unspecified atom stereocenters. The Bertz CT molecular complexity index is 1440. The zero-order valence-corrected chi connectivity index (χ0v) is 24.0. The number of pyridine rings is 1.